The van der Waals surface area contributed by atoms with Gasteiger partial charge in [-0.15, -0.1) is 0 Å². The van der Waals surface area contributed by atoms with Crippen molar-refractivity contribution in [2.24, 2.45) is 0 Å². The number of esters is 2. The summed E-state index contributed by atoms with van der Waals surface area (Å²) in [6.07, 6.45) is 59.5. The van der Waals surface area contributed by atoms with Crippen molar-refractivity contribution >= 4 is 19.8 Å². The van der Waals surface area contributed by atoms with E-state index in [-0.39, 0.29) is 32.0 Å². The predicted molar refractivity (Wildman–Crippen MR) is 287 cm³/mol. The number of ether oxygens (including phenoxy) is 2. The van der Waals surface area contributed by atoms with Crippen LogP contribution >= 0.6 is 7.82 Å². The van der Waals surface area contributed by atoms with Crippen LogP contribution in [-0.2, 0) is 32.7 Å². The Hall–Kier alpha value is -1.51. The van der Waals surface area contributed by atoms with E-state index >= 15 is 0 Å². The average Bonchev–Trinajstić information content (AvgIpc) is 3.30. The van der Waals surface area contributed by atoms with Crippen molar-refractivity contribution in [3.05, 3.63) is 24.3 Å². The summed E-state index contributed by atoms with van der Waals surface area (Å²) in [5.74, 6) is -0.835. The van der Waals surface area contributed by atoms with Crippen molar-refractivity contribution in [1.29, 1.82) is 0 Å². The number of hydrogen-bond donors (Lipinski definition) is 0. The minimum absolute atomic E-state index is 0.0315. The molecule has 0 aliphatic carbocycles. The lowest BCUT2D eigenvalue weighted by Crippen LogP contribution is -2.37. The van der Waals surface area contributed by atoms with E-state index < -0.39 is 26.5 Å². The number of unbranched alkanes of at least 4 members (excludes halogenated alkanes) is 36. The van der Waals surface area contributed by atoms with Gasteiger partial charge in [-0.25, -0.2) is 0 Å². The van der Waals surface area contributed by atoms with Gasteiger partial charge in [0, 0.05) is 12.8 Å². The van der Waals surface area contributed by atoms with Crippen LogP contribution in [0.5, 0.6) is 0 Å². The molecule has 0 fully saturated rings. The van der Waals surface area contributed by atoms with E-state index in [2.05, 4.69) is 38.2 Å². The maximum atomic E-state index is 12.7. The maximum Gasteiger partial charge on any atom is 0.306 e. The molecule has 0 radical (unpaired) electrons. The van der Waals surface area contributed by atoms with Crippen LogP contribution in [-0.4, -0.2) is 70.0 Å². The third kappa shape index (κ3) is 53.8. The number of hydrogen-bond acceptors (Lipinski definition) is 8. The van der Waals surface area contributed by atoms with E-state index in [0.29, 0.717) is 17.4 Å². The van der Waals surface area contributed by atoms with E-state index in [1.165, 1.54) is 193 Å². The lowest BCUT2D eigenvalue weighted by molar-refractivity contribution is -0.870. The fraction of sp³-hybridized carbons (Fsp3) is 0.897. The number of likely N-dealkylation sites (N-methyl/N-ethyl adjacent to an activating group) is 1. The molecule has 0 heterocycles. The van der Waals surface area contributed by atoms with E-state index in [1.807, 2.05) is 21.1 Å². The van der Waals surface area contributed by atoms with E-state index in [4.69, 9.17) is 18.5 Å². The average molecular weight is 983 g/mol. The zero-order valence-electron chi connectivity index (χ0n) is 45.6. The second kappa shape index (κ2) is 50.4. The molecule has 0 aliphatic rings. The van der Waals surface area contributed by atoms with Crippen LogP contribution in [0.3, 0.4) is 0 Å². The Morgan fingerprint density at radius 3 is 1.18 bits per heavy atom. The topological polar surface area (TPSA) is 111 Å². The molecule has 0 aliphatic heterocycles. The van der Waals surface area contributed by atoms with Crippen molar-refractivity contribution < 1.29 is 42.1 Å². The van der Waals surface area contributed by atoms with Gasteiger partial charge in [0.25, 0.3) is 7.82 Å². The summed E-state index contributed by atoms with van der Waals surface area (Å²) >= 11 is 0. The van der Waals surface area contributed by atoms with Crippen LogP contribution < -0.4 is 4.89 Å². The molecule has 0 saturated carbocycles. The highest BCUT2D eigenvalue weighted by Crippen LogP contribution is 2.38. The Morgan fingerprint density at radius 2 is 0.794 bits per heavy atom. The van der Waals surface area contributed by atoms with Crippen LogP contribution in [0.2, 0.25) is 0 Å². The highest BCUT2D eigenvalue weighted by atomic mass is 31.2. The van der Waals surface area contributed by atoms with Gasteiger partial charge in [0.2, 0.25) is 0 Å². The number of allylic oxidation sites excluding steroid dienone is 4. The van der Waals surface area contributed by atoms with Gasteiger partial charge in [0.1, 0.15) is 19.8 Å². The van der Waals surface area contributed by atoms with Crippen molar-refractivity contribution in [1.82, 2.24) is 0 Å². The van der Waals surface area contributed by atoms with Crippen molar-refractivity contribution in [3.63, 3.8) is 0 Å². The van der Waals surface area contributed by atoms with Gasteiger partial charge in [-0.2, -0.15) is 0 Å². The van der Waals surface area contributed by atoms with Crippen LogP contribution in [0.1, 0.15) is 284 Å². The zero-order chi connectivity index (χ0) is 49.9. The quantitative estimate of drug-likeness (QED) is 0.0195. The molecule has 0 aromatic carbocycles. The molecule has 9 nitrogen and oxygen atoms in total. The first-order chi connectivity index (χ1) is 33.0. The number of phosphoric acid groups is 1. The second-order valence-corrected chi connectivity index (χ2v) is 22.4. The second-order valence-electron chi connectivity index (χ2n) is 21.0. The third-order valence-corrected chi connectivity index (χ3v) is 13.9. The Labute approximate surface area is 421 Å². The van der Waals surface area contributed by atoms with Gasteiger partial charge in [-0.1, -0.05) is 250 Å². The molecule has 0 spiro atoms. The van der Waals surface area contributed by atoms with Crippen LogP contribution in [0.15, 0.2) is 24.3 Å². The highest BCUT2D eigenvalue weighted by Gasteiger charge is 2.22. The molecular formula is C58H112NO8P. The normalized spacial score (nSPS) is 13.4. The summed E-state index contributed by atoms with van der Waals surface area (Å²) in [7, 11) is 1.17. The number of carbonyl (C=O) groups excluding carboxylic acids is 2. The molecule has 0 N–H and O–H groups in total. The Balaban J connectivity index is 4.06. The fourth-order valence-corrected chi connectivity index (χ4v) is 9.18. The largest absolute Gasteiger partial charge is 0.756 e. The number of phosphoric ester groups is 1. The third-order valence-electron chi connectivity index (χ3n) is 13.0. The summed E-state index contributed by atoms with van der Waals surface area (Å²) in [5, 5.41) is 0. The molecule has 10 heteroatoms. The minimum atomic E-state index is -4.63. The van der Waals surface area contributed by atoms with Crippen LogP contribution in [0.25, 0.3) is 0 Å². The monoisotopic (exact) mass is 982 g/mol. The van der Waals surface area contributed by atoms with Gasteiger partial charge in [-0.3, -0.25) is 14.2 Å². The first-order valence-electron chi connectivity index (χ1n) is 29.0. The van der Waals surface area contributed by atoms with Gasteiger partial charge in [-0.05, 0) is 44.9 Å². The van der Waals surface area contributed by atoms with Gasteiger partial charge >= 0.3 is 11.9 Å². The van der Waals surface area contributed by atoms with Crippen molar-refractivity contribution in [2.45, 2.75) is 290 Å². The first-order valence-corrected chi connectivity index (χ1v) is 30.5. The smallest absolute Gasteiger partial charge is 0.306 e. The first kappa shape index (κ1) is 66.5. The Kier molecular flexibility index (Phi) is 49.3. The summed E-state index contributed by atoms with van der Waals surface area (Å²) in [6.45, 7) is 4.25. The molecule has 2 atom stereocenters. The lowest BCUT2D eigenvalue weighted by atomic mass is 10.0. The molecule has 0 bridgehead atoms. The summed E-state index contributed by atoms with van der Waals surface area (Å²) in [5.41, 5.74) is 0. The lowest BCUT2D eigenvalue weighted by Gasteiger charge is -2.28. The summed E-state index contributed by atoms with van der Waals surface area (Å²) in [6, 6.07) is 0. The van der Waals surface area contributed by atoms with E-state index in [9.17, 15) is 19.0 Å². The fourth-order valence-electron chi connectivity index (χ4n) is 8.45. The summed E-state index contributed by atoms with van der Waals surface area (Å²) in [4.78, 5) is 37.8. The predicted octanol–water partition coefficient (Wildman–Crippen LogP) is 17.2. The minimum Gasteiger partial charge on any atom is -0.756 e. The van der Waals surface area contributed by atoms with Gasteiger partial charge < -0.3 is 27.9 Å². The van der Waals surface area contributed by atoms with Crippen molar-refractivity contribution in [3.8, 4) is 0 Å². The molecule has 0 saturated heterocycles. The molecule has 0 aromatic rings. The maximum absolute atomic E-state index is 12.7. The zero-order valence-corrected chi connectivity index (χ0v) is 46.5. The number of rotatable bonds is 54. The Morgan fingerprint density at radius 1 is 0.456 bits per heavy atom. The number of nitrogens with zero attached hydrogens (tertiary/aromatic N) is 1. The molecule has 2 unspecified atom stereocenters. The molecule has 402 valence electrons. The molecule has 0 rings (SSSR count). The van der Waals surface area contributed by atoms with Gasteiger partial charge in [0.15, 0.2) is 6.10 Å². The van der Waals surface area contributed by atoms with Gasteiger partial charge in [0.05, 0.1) is 27.7 Å². The molecular weight excluding hydrogens is 870 g/mol. The van der Waals surface area contributed by atoms with E-state index in [0.717, 1.165) is 57.8 Å². The highest BCUT2D eigenvalue weighted by molar-refractivity contribution is 7.45. The SMILES string of the molecule is CCCCCC/C=C\C/C=C\CCCCCCCC(=O)OC(COC(=O)CCCCCCCCCCCCCCCCCCCCCCCCCCCCCC)COP(=O)([O-])OCC[N+](C)(C)C. The van der Waals surface area contributed by atoms with Crippen molar-refractivity contribution in [2.75, 3.05) is 47.5 Å². The Bertz CT molecular complexity index is 1200. The molecule has 0 aromatic heterocycles. The van der Waals surface area contributed by atoms with Crippen LogP contribution in [0.4, 0.5) is 0 Å². The molecule has 68 heavy (non-hydrogen) atoms. The molecule has 0 amide bonds. The van der Waals surface area contributed by atoms with Crippen LogP contribution in [0, 0.1) is 0 Å². The number of quaternary nitrogens is 1. The van der Waals surface area contributed by atoms with E-state index in [1.54, 1.807) is 0 Å². The standard InChI is InChI=1S/C58H112NO8P/c1-6-8-10-12-14-16-18-20-22-24-25-26-27-28-29-30-31-32-33-34-35-37-38-40-42-44-46-48-50-57(60)64-54-56(55-66-68(62,63)65-53-52-59(3,4)5)67-58(61)51-49-47-45-43-41-39-36-23-21-19-17-15-13-11-9-7-2/h17,19,23,36,56H,6-16,18,20-22,24-35,37-55H2,1-5H3/b19-17-,36-23-. The number of carbonyl (C=O) groups is 2. The summed E-state index contributed by atoms with van der Waals surface area (Å²) < 4.78 is 34.1.